The number of anilines is 1. The van der Waals surface area contributed by atoms with Gasteiger partial charge >= 0.3 is 0 Å². The van der Waals surface area contributed by atoms with E-state index in [9.17, 15) is 4.79 Å². The molecule has 1 amide bonds. The van der Waals surface area contributed by atoms with Crippen molar-refractivity contribution in [2.24, 2.45) is 5.92 Å². The monoisotopic (exact) mass is 324 g/mol. The van der Waals surface area contributed by atoms with Gasteiger partial charge in [-0.05, 0) is 49.8 Å². The zero-order valence-corrected chi connectivity index (χ0v) is 13.9. The molecule has 4 heteroatoms. The van der Waals surface area contributed by atoms with Gasteiger partial charge in [0.1, 0.15) is 0 Å². The second kappa shape index (κ2) is 5.17. The van der Waals surface area contributed by atoms with E-state index in [0.29, 0.717) is 5.91 Å². The average Bonchev–Trinajstić information content (AvgIpc) is 3.09. The highest BCUT2D eigenvalue weighted by Crippen LogP contribution is 2.43. The molecule has 1 aliphatic heterocycles. The molecule has 0 spiro atoms. The number of fused-ring (bicyclic) bond motifs is 1. The van der Waals surface area contributed by atoms with Crippen LogP contribution in [-0.4, -0.2) is 17.4 Å². The summed E-state index contributed by atoms with van der Waals surface area (Å²) in [5, 5.41) is 3.48. The normalized spacial score (nSPS) is 20.4. The van der Waals surface area contributed by atoms with Crippen LogP contribution >= 0.6 is 11.3 Å². The third kappa shape index (κ3) is 2.31. The van der Waals surface area contributed by atoms with E-state index in [4.69, 9.17) is 4.98 Å². The summed E-state index contributed by atoms with van der Waals surface area (Å²) < 4.78 is 0. The van der Waals surface area contributed by atoms with Crippen LogP contribution in [0.3, 0.4) is 0 Å². The molecule has 2 aliphatic carbocycles. The van der Waals surface area contributed by atoms with Crippen LogP contribution in [-0.2, 0) is 11.2 Å². The summed E-state index contributed by atoms with van der Waals surface area (Å²) in [5.74, 6) is 1.34. The lowest BCUT2D eigenvalue weighted by Crippen LogP contribution is -2.37. The quantitative estimate of drug-likeness (QED) is 0.839. The minimum Gasteiger partial charge on any atom is -0.312 e. The Bertz CT molecular complexity index is 773. The number of hydrogen-bond acceptors (Lipinski definition) is 3. The Morgan fingerprint density at radius 2 is 2.09 bits per heavy atom. The number of amides is 1. The molecule has 23 heavy (non-hydrogen) atoms. The first kappa shape index (κ1) is 13.7. The summed E-state index contributed by atoms with van der Waals surface area (Å²) in [6, 6.07) is 6.51. The Labute approximate surface area is 140 Å². The SMILES string of the molecule is O=C(C1CCC1)N1CCc2cc(-c3csc(C4CC4)n3)ccc21. The van der Waals surface area contributed by atoms with E-state index in [0.717, 1.165) is 43.1 Å². The van der Waals surface area contributed by atoms with Crippen LogP contribution < -0.4 is 4.90 Å². The predicted octanol–water partition coefficient (Wildman–Crippen LogP) is 4.38. The Balaban J connectivity index is 1.42. The zero-order valence-electron chi connectivity index (χ0n) is 13.1. The van der Waals surface area contributed by atoms with Crippen molar-refractivity contribution >= 4 is 22.9 Å². The molecular weight excluding hydrogens is 304 g/mol. The summed E-state index contributed by atoms with van der Waals surface area (Å²) in [4.78, 5) is 19.4. The van der Waals surface area contributed by atoms with Gasteiger partial charge in [-0.1, -0.05) is 12.5 Å². The maximum Gasteiger partial charge on any atom is 0.230 e. The first-order valence-electron chi connectivity index (χ1n) is 8.70. The second-order valence-corrected chi connectivity index (χ2v) is 7.95. The lowest BCUT2D eigenvalue weighted by Gasteiger charge is -2.29. The number of carbonyl (C=O) groups excluding carboxylic acids is 1. The molecule has 2 fully saturated rings. The molecule has 1 aromatic heterocycles. The molecule has 0 atom stereocenters. The minimum atomic E-state index is 0.278. The highest BCUT2D eigenvalue weighted by atomic mass is 32.1. The molecule has 0 bridgehead atoms. The maximum atomic E-state index is 12.5. The highest BCUT2D eigenvalue weighted by molar-refractivity contribution is 7.10. The topological polar surface area (TPSA) is 33.2 Å². The molecule has 1 aromatic carbocycles. The lowest BCUT2D eigenvalue weighted by atomic mass is 9.84. The van der Waals surface area contributed by atoms with Gasteiger partial charge in [0.05, 0.1) is 10.7 Å². The van der Waals surface area contributed by atoms with Crippen molar-refractivity contribution in [3.63, 3.8) is 0 Å². The number of aromatic nitrogens is 1. The molecule has 0 unspecified atom stereocenters. The van der Waals surface area contributed by atoms with Crippen molar-refractivity contribution in [2.45, 2.75) is 44.4 Å². The Morgan fingerprint density at radius 1 is 1.22 bits per heavy atom. The van der Waals surface area contributed by atoms with Gasteiger partial charge in [0.2, 0.25) is 5.91 Å². The van der Waals surface area contributed by atoms with Crippen LogP contribution in [0, 0.1) is 5.92 Å². The fraction of sp³-hybridized carbons (Fsp3) is 0.474. The molecule has 0 N–H and O–H groups in total. The summed E-state index contributed by atoms with van der Waals surface area (Å²) in [7, 11) is 0. The molecule has 2 aromatic rings. The smallest absolute Gasteiger partial charge is 0.230 e. The van der Waals surface area contributed by atoms with Crippen molar-refractivity contribution < 1.29 is 4.79 Å². The van der Waals surface area contributed by atoms with Crippen molar-refractivity contribution in [1.82, 2.24) is 4.98 Å². The molecule has 3 nitrogen and oxygen atoms in total. The Hall–Kier alpha value is -1.68. The largest absolute Gasteiger partial charge is 0.312 e. The second-order valence-electron chi connectivity index (χ2n) is 7.06. The van der Waals surface area contributed by atoms with E-state index >= 15 is 0 Å². The molecule has 2 saturated carbocycles. The van der Waals surface area contributed by atoms with Crippen molar-refractivity contribution in [1.29, 1.82) is 0 Å². The molecule has 0 radical (unpaired) electrons. The third-order valence-corrected chi connectivity index (χ3v) is 6.45. The average molecular weight is 324 g/mol. The molecule has 118 valence electrons. The fourth-order valence-corrected chi connectivity index (χ4v) is 4.60. The van der Waals surface area contributed by atoms with E-state index in [1.54, 1.807) is 11.3 Å². The van der Waals surface area contributed by atoms with Gasteiger partial charge in [-0.2, -0.15) is 0 Å². The lowest BCUT2D eigenvalue weighted by molar-refractivity contribution is -0.124. The van der Waals surface area contributed by atoms with Crippen LogP contribution in [0.2, 0.25) is 0 Å². The number of hydrogen-bond donors (Lipinski definition) is 0. The standard InChI is InChI=1S/C19H20N2OS/c22-19(13-2-1-3-13)21-9-8-15-10-14(6-7-17(15)21)16-11-23-18(20-16)12-4-5-12/h6-7,10-13H,1-5,8-9H2. The predicted molar refractivity (Wildman–Crippen MR) is 92.9 cm³/mol. The number of benzene rings is 1. The molecule has 3 aliphatic rings. The first-order valence-corrected chi connectivity index (χ1v) is 9.57. The van der Waals surface area contributed by atoms with E-state index in [1.807, 2.05) is 4.90 Å². The number of nitrogens with zero attached hydrogens (tertiary/aromatic N) is 2. The van der Waals surface area contributed by atoms with Gasteiger partial charge in [-0.15, -0.1) is 11.3 Å². The van der Waals surface area contributed by atoms with Gasteiger partial charge in [0.25, 0.3) is 0 Å². The third-order valence-electron chi connectivity index (χ3n) is 5.44. The minimum absolute atomic E-state index is 0.278. The first-order chi connectivity index (χ1) is 11.3. The van der Waals surface area contributed by atoms with Gasteiger partial charge in [0, 0.05) is 35.0 Å². The van der Waals surface area contributed by atoms with Gasteiger partial charge < -0.3 is 4.90 Å². The summed E-state index contributed by atoms with van der Waals surface area (Å²) >= 11 is 1.79. The molecule has 2 heterocycles. The van der Waals surface area contributed by atoms with Crippen LogP contribution in [0.25, 0.3) is 11.3 Å². The summed E-state index contributed by atoms with van der Waals surface area (Å²) in [6.45, 7) is 0.846. The fourth-order valence-electron chi connectivity index (χ4n) is 3.60. The Kier molecular flexibility index (Phi) is 3.08. The highest BCUT2D eigenvalue weighted by Gasteiger charge is 2.33. The number of thiazole rings is 1. The van der Waals surface area contributed by atoms with Crippen molar-refractivity contribution in [3.8, 4) is 11.3 Å². The van der Waals surface area contributed by atoms with E-state index in [1.165, 1.54) is 35.4 Å². The summed E-state index contributed by atoms with van der Waals surface area (Å²) in [6.07, 6.45) is 6.94. The van der Waals surface area contributed by atoms with Crippen LogP contribution in [0.5, 0.6) is 0 Å². The van der Waals surface area contributed by atoms with Crippen LogP contribution in [0.15, 0.2) is 23.6 Å². The van der Waals surface area contributed by atoms with Gasteiger partial charge in [-0.3, -0.25) is 4.79 Å². The van der Waals surface area contributed by atoms with Gasteiger partial charge in [0.15, 0.2) is 0 Å². The maximum absolute atomic E-state index is 12.5. The van der Waals surface area contributed by atoms with E-state index in [-0.39, 0.29) is 5.92 Å². The summed E-state index contributed by atoms with van der Waals surface area (Å²) in [5.41, 5.74) is 4.73. The number of carbonyl (C=O) groups is 1. The van der Waals surface area contributed by atoms with Crippen molar-refractivity contribution in [2.75, 3.05) is 11.4 Å². The molecular formula is C19H20N2OS. The zero-order chi connectivity index (χ0) is 15.4. The van der Waals surface area contributed by atoms with Gasteiger partial charge in [-0.25, -0.2) is 4.98 Å². The molecule has 5 rings (SSSR count). The van der Waals surface area contributed by atoms with Crippen LogP contribution in [0.1, 0.15) is 48.6 Å². The molecule has 0 saturated heterocycles. The Morgan fingerprint density at radius 3 is 2.83 bits per heavy atom. The van der Waals surface area contributed by atoms with Crippen molar-refractivity contribution in [3.05, 3.63) is 34.2 Å². The van der Waals surface area contributed by atoms with E-state index < -0.39 is 0 Å². The van der Waals surface area contributed by atoms with Crippen LogP contribution in [0.4, 0.5) is 5.69 Å². The number of rotatable bonds is 3. The van der Waals surface area contributed by atoms with E-state index in [2.05, 4.69) is 23.6 Å².